The quantitative estimate of drug-likeness (QED) is 0.239. The molecule has 2 aromatic rings. The molecule has 1 aliphatic rings. The summed E-state index contributed by atoms with van der Waals surface area (Å²) in [4.78, 5) is 37.7. The third-order valence-corrected chi connectivity index (χ3v) is 6.47. The third kappa shape index (κ3) is 7.58. The lowest BCUT2D eigenvalue weighted by atomic mass is 10.1. The van der Waals surface area contributed by atoms with E-state index in [-0.39, 0.29) is 24.8 Å². The van der Waals surface area contributed by atoms with Gasteiger partial charge in [-0.15, -0.1) is 0 Å². The minimum absolute atomic E-state index is 0.118. The van der Waals surface area contributed by atoms with Crippen LogP contribution in [-0.4, -0.2) is 45.3 Å². The molecule has 0 radical (unpaired) electrons. The molecule has 1 saturated heterocycles. The fraction of sp³-hybridized carbons (Fsp3) is 0.250. The zero-order chi connectivity index (χ0) is 24.5. The highest BCUT2D eigenvalue weighted by molar-refractivity contribution is 8.26. The van der Waals surface area contributed by atoms with E-state index >= 15 is 0 Å². The Balaban J connectivity index is 1.58. The third-order valence-electron chi connectivity index (χ3n) is 4.84. The maximum absolute atomic E-state index is 12.8. The number of para-hydroxylation sites is 1. The number of hydrogen-bond acceptors (Lipinski definition) is 6. The number of ether oxygens (including phenoxy) is 1. The molecule has 7 nitrogen and oxygen atoms in total. The number of thiocarbonyl (C=S) groups is 1. The summed E-state index contributed by atoms with van der Waals surface area (Å²) in [7, 11) is 0. The zero-order valence-corrected chi connectivity index (χ0v) is 20.5. The van der Waals surface area contributed by atoms with Crippen LogP contribution in [0.1, 0.15) is 31.2 Å². The second-order valence-electron chi connectivity index (χ2n) is 7.42. The summed E-state index contributed by atoms with van der Waals surface area (Å²) >= 11 is 12.4. The number of carbonyl (C=O) groups is 3. The zero-order valence-electron chi connectivity index (χ0n) is 18.2. The number of anilines is 1. The van der Waals surface area contributed by atoms with Crippen LogP contribution < -0.4 is 10.1 Å². The van der Waals surface area contributed by atoms with E-state index < -0.39 is 5.97 Å². The molecule has 34 heavy (non-hydrogen) atoms. The molecule has 0 saturated carbocycles. The largest absolute Gasteiger partial charge is 0.483 e. The number of benzene rings is 2. The standard InChI is InChI=1S/C24H23ClN2O5S2/c25-17-9-11-18(12-10-17)26-21(28)15-32-19-7-4-3-6-16(19)14-20-23(31)27(24(33)34-20)13-5-1-2-8-22(29)30/h3-4,6-7,9-12,14H,1-2,5,8,13,15H2,(H,26,28)(H,29,30)/b20-14-. The molecule has 1 aliphatic heterocycles. The van der Waals surface area contributed by atoms with Crippen molar-refractivity contribution in [2.45, 2.75) is 25.7 Å². The molecule has 2 amide bonds. The monoisotopic (exact) mass is 518 g/mol. The highest BCUT2D eigenvalue weighted by Crippen LogP contribution is 2.34. The first kappa shape index (κ1) is 25.7. The van der Waals surface area contributed by atoms with E-state index in [2.05, 4.69) is 5.32 Å². The normalized spacial score (nSPS) is 14.5. The lowest BCUT2D eigenvalue weighted by molar-refractivity contribution is -0.137. The summed E-state index contributed by atoms with van der Waals surface area (Å²) in [5, 5.41) is 12.0. The van der Waals surface area contributed by atoms with Crippen LogP contribution in [0.4, 0.5) is 5.69 Å². The van der Waals surface area contributed by atoms with Gasteiger partial charge in [0.15, 0.2) is 6.61 Å². The topological polar surface area (TPSA) is 95.9 Å². The Morgan fingerprint density at radius 1 is 1.12 bits per heavy atom. The molecule has 3 rings (SSSR count). The Kier molecular flexibility index (Phi) is 9.50. The number of unbranched alkanes of at least 4 members (excludes halogenated alkanes) is 2. The van der Waals surface area contributed by atoms with Gasteiger partial charge in [0.05, 0.1) is 4.91 Å². The summed E-state index contributed by atoms with van der Waals surface area (Å²) in [6, 6.07) is 13.9. The Morgan fingerprint density at radius 2 is 1.85 bits per heavy atom. The van der Waals surface area contributed by atoms with Crippen LogP contribution in [0.15, 0.2) is 53.4 Å². The van der Waals surface area contributed by atoms with Crippen LogP contribution in [0.2, 0.25) is 5.02 Å². The first-order valence-corrected chi connectivity index (χ1v) is 12.2. The van der Waals surface area contributed by atoms with Crippen LogP contribution in [0, 0.1) is 0 Å². The smallest absolute Gasteiger partial charge is 0.303 e. The van der Waals surface area contributed by atoms with Crippen molar-refractivity contribution in [3.63, 3.8) is 0 Å². The fourth-order valence-electron chi connectivity index (χ4n) is 3.16. The van der Waals surface area contributed by atoms with Gasteiger partial charge in [0.1, 0.15) is 10.1 Å². The molecule has 0 aromatic heterocycles. The average Bonchev–Trinajstić information content (AvgIpc) is 3.07. The second-order valence-corrected chi connectivity index (χ2v) is 9.53. The van der Waals surface area contributed by atoms with Crippen molar-refractivity contribution >= 4 is 69.4 Å². The van der Waals surface area contributed by atoms with Gasteiger partial charge in [-0.1, -0.05) is 60.2 Å². The molecule has 2 aromatic carbocycles. The van der Waals surface area contributed by atoms with Gasteiger partial charge in [-0.2, -0.15) is 0 Å². The van der Waals surface area contributed by atoms with E-state index in [0.717, 1.165) is 0 Å². The van der Waals surface area contributed by atoms with Gasteiger partial charge in [-0.05, 0) is 49.2 Å². The maximum Gasteiger partial charge on any atom is 0.303 e. The first-order valence-electron chi connectivity index (χ1n) is 10.6. The molecule has 0 unspecified atom stereocenters. The summed E-state index contributed by atoms with van der Waals surface area (Å²) in [6.45, 7) is 0.245. The minimum atomic E-state index is -0.822. The van der Waals surface area contributed by atoms with Gasteiger partial charge in [-0.3, -0.25) is 19.3 Å². The molecular weight excluding hydrogens is 496 g/mol. The fourth-order valence-corrected chi connectivity index (χ4v) is 4.59. The van der Waals surface area contributed by atoms with Crippen molar-refractivity contribution < 1.29 is 24.2 Å². The van der Waals surface area contributed by atoms with Crippen LogP contribution in [0.25, 0.3) is 6.08 Å². The Hall–Kier alpha value is -2.88. The van der Waals surface area contributed by atoms with Crippen molar-refractivity contribution in [2.24, 2.45) is 0 Å². The van der Waals surface area contributed by atoms with E-state index in [1.54, 1.807) is 48.5 Å². The van der Waals surface area contributed by atoms with Crippen molar-refractivity contribution in [1.82, 2.24) is 4.90 Å². The molecule has 2 N–H and O–H groups in total. The lowest BCUT2D eigenvalue weighted by Crippen LogP contribution is -2.29. The predicted octanol–water partition coefficient (Wildman–Crippen LogP) is 5.20. The molecular formula is C24H23ClN2O5S2. The number of amides is 2. The summed E-state index contributed by atoms with van der Waals surface area (Å²) in [6.07, 6.45) is 3.77. The number of rotatable bonds is 11. The van der Waals surface area contributed by atoms with E-state index in [4.69, 9.17) is 33.7 Å². The molecule has 1 fully saturated rings. The van der Waals surface area contributed by atoms with Gasteiger partial charge in [-0.25, -0.2) is 0 Å². The van der Waals surface area contributed by atoms with Crippen molar-refractivity contribution in [3.8, 4) is 5.75 Å². The number of hydrogen-bond donors (Lipinski definition) is 2. The number of nitrogens with one attached hydrogen (secondary N) is 1. The number of halogens is 1. The molecule has 0 atom stereocenters. The van der Waals surface area contributed by atoms with Crippen LogP contribution in [0.3, 0.4) is 0 Å². The average molecular weight is 519 g/mol. The summed E-state index contributed by atoms with van der Waals surface area (Å²) < 4.78 is 6.18. The molecule has 0 spiro atoms. The maximum atomic E-state index is 12.8. The van der Waals surface area contributed by atoms with Gasteiger partial charge in [0, 0.05) is 29.2 Å². The summed E-state index contributed by atoms with van der Waals surface area (Å²) in [5.74, 6) is -0.876. The first-order chi connectivity index (χ1) is 16.3. The number of carboxylic acids is 1. The van der Waals surface area contributed by atoms with Crippen molar-refractivity contribution in [1.29, 1.82) is 0 Å². The van der Waals surface area contributed by atoms with Gasteiger partial charge < -0.3 is 15.2 Å². The van der Waals surface area contributed by atoms with E-state index in [9.17, 15) is 14.4 Å². The van der Waals surface area contributed by atoms with Crippen LogP contribution in [0.5, 0.6) is 5.75 Å². The molecule has 0 aliphatic carbocycles. The van der Waals surface area contributed by atoms with Crippen LogP contribution >= 0.6 is 35.6 Å². The van der Waals surface area contributed by atoms with E-state index in [0.29, 0.717) is 57.1 Å². The van der Waals surface area contributed by atoms with Gasteiger partial charge in [0.2, 0.25) is 0 Å². The molecule has 178 valence electrons. The van der Waals surface area contributed by atoms with Crippen molar-refractivity contribution in [2.75, 3.05) is 18.5 Å². The lowest BCUT2D eigenvalue weighted by Gasteiger charge is -2.14. The molecule has 0 bridgehead atoms. The number of carbonyl (C=O) groups excluding carboxylic acids is 2. The number of nitrogens with zero attached hydrogens (tertiary/aromatic N) is 1. The van der Waals surface area contributed by atoms with Gasteiger partial charge in [0.25, 0.3) is 11.8 Å². The predicted molar refractivity (Wildman–Crippen MR) is 138 cm³/mol. The number of thioether (sulfide) groups is 1. The highest BCUT2D eigenvalue weighted by atomic mass is 35.5. The van der Waals surface area contributed by atoms with Crippen LogP contribution in [-0.2, 0) is 14.4 Å². The molecule has 10 heteroatoms. The Morgan fingerprint density at radius 3 is 2.59 bits per heavy atom. The highest BCUT2D eigenvalue weighted by Gasteiger charge is 2.31. The minimum Gasteiger partial charge on any atom is -0.483 e. The SMILES string of the molecule is O=C(O)CCCCCN1C(=O)/C(=C/c2ccccc2OCC(=O)Nc2ccc(Cl)cc2)SC1=S. The Labute approximate surface area is 212 Å². The van der Waals surface area contributed by atoms with Gasteiger partial charge >= 0.3 is 5.97 Å². The second kappa shape index (κ2) is 12.5. The Bertz CT molecular complexity index is 1100. The van der Waals surface area contributed by atoms with E-state index in [1.165, 1.54) is 16.7 Å². The summed E-state index contributed by atoms with van der Waals surface area (Å²) in [5.41, 5.74) is 1.27. The van der Waals surface area contributed by atoms with E-state index in [1.807, 2.05) is 6.07 Å². The number of aliphatic carboxylic acids is 1. The number of carboxylic acid groups (broad SMARTS) is 1. The van der Waals surface area contributed by atoms with Crippen molar-refractivity contribution in [3.05, 3.63) is 64.0 Å². The molecule has 1 heterocycles.